The van der Waals surface area contributed by atoms with Crippen LogP contribution in [0.5, 0.6) is 0 Å². The Morgan fingerprint density at radius 2 is 2.04 bits per heavy atom. The first-order valence-electron chi connectivity index (χ1n) is 8.63. The largest absolute Gasteiger partial charge is 0.391 e. The second-order valence-corrected chi connectivity index (χ2v) is 9.36. The summed E-state index contributed by atoms with van der Waals surface area (Å²) in [7, 11) is -0.476. The molecule has 1 aliphatic heterocycles. The van der Waals surface area contributed by atoms with Gasteiger partial charge in [0.05, 0.1) is 17.4 Å². The summed E-state index contributed by atoms with van der Waals surface area (Å²) in [6.07, 6.45) is 4.91. The third-order valence-electron chi connectivity index (χ3n) is 5.09. The van der Waals surface area contributed by atoms with Crippen molar-refractivity contribution in [1.82, 2.24) is 14.2 Å². The van der Waals surface area contributed by atoms with E-state index in [1.54, 1.807) is 6.20 Å². The number of pyridine rings is 1. The number of aliphatic hydroxyl groups excluding tert-OH is 1. The maximum absolute atomic E-state index is 12.7. The molecule has 1 amide bonds. The first-order valence-corrected chi connectivity index (χ1v) is 10.2. The number of β-amino-alcohol motifs (C(OH)–C–C–N with tert-alkyl or cyclic N) is 1. The summed E-state index contributed by atoms with van der Waals surface area (Å²) in [6.45, 7) is 0.397. The lowest BCUT2D eigenvalue weighted by Crippen LogP contribution is -2.33. The van der Waals surface area contributed by atoms with Crippen molar-refractivity contribution in [3.05, 3.63) is 29.1 Å². The Kier molecular flexibility index (Phi) is 5.13. The van der Waals surface area contributed by atoms with Crippen LogP contribution < -0.4 is 0 Å². The Labute approximate surface area is 148 Å². The molecule has 8 heteroatoms. The second kappa shape index (κ2) is 7.01. The molecule has 25 heavy (non-hydrogen) atoms. The molecule has 2 atom stereocenters. The van der Waals surface area contributed by atoms with Crippen LogP contribution in [-0.2, 0) is 22.9 Å². The monoisotopic (exact) mass is 367 g/mol. The summed E-state index contributed by atoms with van der Waals surface area (Å²) >= 11 is 0. The first-order chi connectivity index (χ1) is 11.8. The third kappa shape index (κ3) is 3.86. The van der Waals surface area contributed by atoms with Crippen LogP contribution in [0.25, 0.3) is 0 Å². The van der Waals surface area contributed by atoms with Crippen molar-refractivity contribution in [2.75, 3.05) is 32.9 Å². The van der Waals surface area contributed by atoms with Crippen LogP contribution in [0.3, 0.4) is 0 Å². The lowest BCUT2D eigenvalue weighted by Gasteiger charge is -2.19. The van der Waals surface area contributed by atoms with Crippen molar-refractivity contribution < 1.29 is 18.3 Å². The van der Waals surface area contributed by atoms with E-state index in [9.17, 15) is 18.3 Å². The summed E-state index contributed by atoms with van der Waals surface area (Å²) in [6, 6.07) is 1.90. The van der Waals surface area contributed by atoms with E-state index in [2.05, 4.69) is 4.98 Å². The predicted molar refractivity (Wildman–Crippen MR) is 93.8 cm³/mol. The van der Waals surface area contributed by atoms with Gasteiger partial charge in [0.25, 0.3) is 5.91 Å². The van der Waals surface area contributed by atoms with Crippen molar-refractivity contribution in [1.29, 1.82) is 0 Å². The second-order valence-electron chi connectivity index (χ2n) is 7.14. The van der Waals surface area contributed by atoms with Gasteiger partial charge in [-0.3, -0.25) is 9.78 Å². The van der Waals surface area contributed by atoms with Gasteiger partial charge in [-0.15, -0.1) is 0 Å². The number of rotatable bonds is 4. The first kappa shape index (κ1) is 18.3. The van der Waals surface area contributed by atoms with Crippen molar-refractivity contribution in [2.45, 2.75) is 31.8 Å². The molecule has 3 rings (SSSR count). The number of sulfonamides is 1. The van der Waals surface area contributed by atoms with Crippen LogP contribution in [0.15, 0.2) is 12.3 Å². The standard InChI is InChI=1S/C17H25N3O4S/c1-19(2)25(23,24)11-14-9-20(10-16(14)21)17(22)13-7-12-5-3-4-6-15(12)18-8-13/h7-8,14,16,21H,3-6,9-11H2,1-2H3/t14-,16-/m0/s1. The molecule has 138 valence electrons. The minimum Gasteiger partial charge on any atom is -0.391 e. The molecule has 0 radical (unpaired) electrons. The Hall–Kier alpha value is -1.51. The molecule has 2 heterocycles. The molecule has 0 bridgehead atoms. The van der Waals surface area contributed by atoms with Gasteiger partial charge in [-0.05, 0) is 37.3 Å². The summed E-state index contributed by atoms with van der Waals surface area (Å²) in [5.74, 6) is -0.820. The molecule has 7 nitrogen and oxygen atoms in total. The molecular formula is C17H25N3O4S. The normalized spacial score (nSPS) is 23.8. The van der Waals surface area contributed by atoms with Gasteiger partial charge in [0, 0.05) is 45.0 Å². The summed E-state index contributed by atoms with van der Waals surface area (Å²) in [5, 5.41) is 10.2. The molecular weight excluding hydrogens is 342 g/mol. The molecule has 1 N–H and O–H groups in total. The van der Waals surface area contributed by atoms with E-state index in [4.69, 9.17) is 0 Å². The maximum atomic E-state index is 12.7. The van der Waals surface area contributed by atoms with Gasteiger partial charge >= 0.3 is 0 Å². The lowest BCUT2D eigenvalue weighted by molar-refractivity contribution is 0.0764. The van der Waals surface area contributed by atoms with Gasteiger partial charge in [0.15, 0.2) is 0 Å². The maximum Gasteiger partial charge on any atom is 0.255 e. The van der Waals surface area contributed by atoms with Gasteiger partial charge in [-0.2, -0.15) is 0 Å². The molecule has 1 aliphatic carbocycles. The summed E-state index contributed by atoms with van der Waals surface area (Å²) in [4.78, 5) is 18.7. The van der Waals surface area contributed by atoms with Crippen LogP contribution in [0, 0.1) is 5.92 Å². The number of carbonyl (C=O) groups excluding carboxylic acids is 1. The fraction of sp³-hybridized carbons (Fsp3) is 0.647. The van der Waals surface area contributed by atoms with Crippen molar-refractivity contribution in [3.8, 4) is 0 Å². The highest BCUT2D eigenvalue weighted by atomic mass is 32.2. The number of fused-ring (bicyclic) bond motifs is 1. The number of carbonyl (C=O) groups is 1. The number of likely N-dealkylation sites (tertiary alicyclic amines) is 1. The van der Waals surface area contributed by atoms with Crippen LogP contribution in [0.1, 0.15) is 34.5 Å². The quantitative estimate of drug-likeness (QED) is 0.826. The van der Waals surface area contributed by atoms with E-state index in [0.29, 0.717) is 5.56 Å². The molecule has 0 aromatic carbocycles. The Morgan fingerprint density at radius 3 is 2.76 bits per heavy atom. The average molecular weight is 367 g/mol. The predicted octanol–water partition coefficient (Wildman–Crippen LogP) is 0.285. The zero-order valence-electron chi connectivity index (χ0n) is 14.7. The number of amides is 1. The fourth-order valence-corrected chi connectivity index (χ4v) is 4.66. The number of hydrogen-bond acceptors (Lipinski definition) is 5. The highest BCUT2D eigenvalue weighted by molar-refractivity contribution is 7.89. The topological polar surface area (TPSA) is 90.8 Å². The Balaban J connectivity index is 1.71. The minimum atomic E-state index is -3.42. The molecule has 1 saturated heterocycles. The zero-order valence-corrected chi connectivity index (χ0v) is 15.5. The smallest absolute Gasteiger partial charge is 0.255 e. The van der Waals surface area contributed by atoms with Gasteiger partial charge in [0.1, 0.15) is 0 Å². The van der Waals surface area contributed by atoms with Crippen LogP contribution in [0.2, 0.25) is 0 Å². The zero-order chi connectivity index (χ0) is 18.2. The van der Waals surface area contributed by atoms with Crippen LogP contribution in [-0.4, -0.2) is 72.7 Å². The average Bonchev–Trinajstić information content (AvgIpc) is 2.93. The Bertz CT molecular complexity index is 763. The van der Waals surface area contributed by atoms with E-state index in [1.807, 2.05) is 6.07 Å². The van der Waals surface area contributed by atoms with E-state index in [-0.39, 0.29) is 24.7 Å². The van der Waals surface area contributed by atoms with Gasteiger partial charge in [0.2, 0.25) is 10.0 Å². The number of nitrogens with zero attached hydrogens (tertiary/aromatic N) is 3. The van der Waals surface area contributed by atoms with Crippen molar-refractivity contribution >= 4 is 15.9 Å². The lowest BCUT2D eigenvalue weighted by atomic mass is 9.95. The third-order valence-corrected chi connectivity index (χ3v) is 7.05. The summed E-state index contributed by atoms with van der Waals surface area (Å²) in [5.41, 5.74) is 2.71. The van der Waals surface area contributed by atoms with Gasteiger partial charge in [-0.25, -0.2) is 12.7 Å². The number of hydrogen-bond donors (Lipinski definition) is 1. The van der Waals surface area contributed by atoms with Crippen molar-refractivity contribution in [3.63, 3.8) is 0 Å². The number of aromatic nitrogens is 1. The highest BCUT2D eigenvalue weighted by Gasteiger charge is 2.37. The van der Waals surface area contributed by atoms with Crippen LogP contribution in [0.4, 0.5) is 0 Å². The van der Waals surface area contributed by atoms with E-state index >= 15 is 0 Å². The molecule has 0 spiro atoms. The summed E-state index contributed by atoms with van der Waals surface area (Å²) < 4.78 is 25.2. The molecule has 0 unspecified atom stereocenters. The molecule has 1 aromatic heterocycles. The Morgan fingerprint density at radius 1 is 1.32 bits per heavy atom. The number of aliphatic hydroxyl groups is 1. The minimum absolute atomic E-state index is 0.156. The molecule has 0 saturated carbocycles. The number of aryl methyl sites for hydroxylation is 2. The SMILES string of the molecule is CN(C)S(=O)(=O)C[C@@H]1CN(C(=O)c2cnc3c(c2)CCCC3)C[C@@H]1O. The highest BCUT2D eigenvalue weighted by Crippen LogP contribution is 2.24. The van der Waals surface area contributed by atoms with Gasteiger partial charge < -0.3 is 10.0 Å². The van der Waals surface area contributed by atoms with Gasteiger partial charge in [-0.1, -0.05) is 0 Å². The molecule has 1 aromatic rings. The van der Waals surface area contributed by atoms with E-state index in [1.165, 1.54) is 19.0 Å². The van der Waals surface area contributed by atoms with E-state index < -0.39 is 22.0 Å². The van der Waals surface area contributed by atoms with Crippen LogP contribution >= 0.6 is 0 Å². The fourth-order valence-electron chi connectivity index (χ4n) is 3.49. The molecule has 1 fully saturated rings. The molecule has 2 aliphatic rings. The van der Waals surface area contributed by atoms with Crippen molar-refractivity contribution in [2.24, 2.45) is 5.92 Å². The van der Waals surface area contributed by atoms with E-state index in [0.717, 1.165) is 41.2 Å².